The number of fused-ring (bicyclic) bond motifs is 4. The average molecular weight is 315 g/mol. The molecule has 24 heavy (non-hydrogen) atoms. The Morgan fingerprint density at radius 1 is 1.17 bits per heavy atom. The smallest absolute Gasteiger partial charge is 0.166 e. The molecule has 1 atom stereocenters. The summed E-state index contributed by atoms with van der Waals surface area (Å²) in [6, 6.07) is 13.6. The van der Waals surface area contributed by atoms with Gasteiger partial charge in [0.2, 0.25) is 0 Å². The number of nitrogens with zero attached hydrogens (tertiary/aromatic N) is 3. The number of hydrogen-bond acceptors (Lipinski definition) is 4. The van der Waals surface area contributed by atoms with Crippen LogP contribution >= 0.6 is 0 Å². The van der Waals surface area contributed by atoms with Crippen LogP contribution in [-0.2, 0) is 0 Å². The summed E-state index contributed by atoms with van der Waals surface area (Å²) in [5.41, 5.74) is 4.76. The van der Waals surface area contributed by atoms with E-state index in [0.29, 0.717) is 17.6 Å². The SMILES string of the molecule is O=C(CC1c2ccccc2-c2cncn21)c1ccc2oncc2c1. The number of imidazole rings is 1. The normalized spacial score (nSPS) is 15.4. The van der Waals surface area contributed by atoms with Crippen molar-refractivity contribution in [2.75, 3.05) is 0 Å². The molecule has 0 saturated carbocycles. The second-order valence-electron chi connectivity index (χ2n) is 5.99. The van der Waals surface area contributed by atoms with Crippen molar-refractivity contribution in [3.05, 3.63) is 72.3 Å². The molecule has 0 radical (unpaired) electrons. The Labute approximate surface area is 137 Å². The van der Waals surface area contributed by atoms with E-state index < -0.39 is 0 Å². The van der Waals surface area contributed by atoms with Crippen LogP contribution in [0.1, 0.15) is 28.4 Å². The molecule has 0 fully saturated rings. The second-order valence-corrected chi connectivity index (χ2v) is 5.99. The molecule has 2 aromatic carbocycles. The highest BCUT2D eigenvalue weighted by atomic mass is 16.5. The monoisotopic (exact) mass is 315 g/mol. The molecule has 0 amide bonds. The first-order valence-corrected chi connectivity index (χ1v) is 7.80. The maximum atomic E-state index is 12.8. The van der Waals surface area contributed by atoms with E-state index in [0.717, 1.165) is 16.6 Å². The third kappa shape index (κ3) is 1.84. The minimum Gasteiger partial charge on any atom is -0.356 e. The van der Waals surface area contributed by atoms with Gasteiger partial charge in [-0.15, -0.1) is 0 Å². The van der Waals surface area contributed by atoms with Gasteiger partial charge in [-0.2, -0.15) is 0 Å². The van der Waals surface area contributed by atoms with Crippen LogP contribution in [0.4, 0.5) is 0 Å². The van der Waals surface area contributed by atoms with Gasteiger partial charge in [0.15, 0.2) is 11.4 Å². The Hall–Kier alpha value is -3.21. The number of aromatic nitrogens is 3. The zero-order valence-electron chi connectivity index (χ0n) is 12.7. The lowest BCUT2D eigenvalue weighted by Gasteiger charge is -2.14. The van der Waals surface area contributed by atoms with Gasteiger partial charge >= 0.3 is 0 Å². The second kappa shape index (κ2) is 4.89. The summed E-state index contributed by atoms with van der Waals surface area (Å²) in [7, 11) is 0. The van der Waals surface area contributed by atoms with Crippen molar-refractivity contribution in [2.45, 2.75) is 12.5 Å². The molecule has 0 saturated heterocycles. The fourth-order valence-corrected chi connectivity index (χ4v) is 3.48. The number of benzene rings is 2. The fraction of sp³-hybridized carbons (Fsp3) is 0.105. The van der Waals surface area contributed by atoms with Crippen molar-refractivity contribution in [1.29, 1.82) is 0 Å². The zero-order valence-corrected chi connectivity index (χ0v) is 12.7. The molecule has 0 spiro atoms. The summed E-state index contributed by atoms with van der Waals surface area (Å²) in [6.07, 6.45) is 5.69. The first-order valence-electron chi connectivity index (χ1n) is 7.80. The molecular formula is C19H13N3O2. The number of rotatable bonds is 3. The average Bonchev–Trinajstić information content (AvgIpc) is 3.31. The van der Waals surface area contributed by atoms with E-state index in [9.17, 15) is 4.79 Å². The van der Waals surface area contributed by atoms with Crippen LogP contribution in [0.15, 0.2) is 65.7 Å². The molecule has 5 heteroatoms. The van der Waals surface area contributed by atoms with Crippen molar-refractivity contribution in [3.8, 4) is 11.3 Å². The van der Waals surface area contributed by atoms with E-state index in [1.807, 2.05) is 24.4 Å². The van der Waals surface area contributed by atoms with Crippen molar-refractivity contribution in [3.63, 3.8) is 0 Å². The molecule has 5 rings (SSSR count). The van der Waals surface area contributed by atoms with Crippen LogP contribution < -0.4 is 0 Å². The minimum atomic E-state index is -0.00984. The highest BCUT2D eigenvalue weighted by molar-refractivity contribution is 5.99. The minimum absolute atomic E-state index is 0.00984. The molecule has 0 aliphatic carbocycles. The summed E-state index contributed by atoms with van der Waals surface area (Å²) in [6.45, 7) is 0. The Kier molecular flexibility index (Phi) is 2.70. The van der Waals surface area contributed by atoms with Gasteiger partial charge in [-0.25, -0.2) is 4.98 Å². The predicted molar refractivity (Wildman–Crippen MR) is 88.8 cm³/mol. The molecule has 5 nitrogen and oxygen atoms in total. The maximum Gasteiger partial charge on any atom is 0.166 e. The summed E-state index contributed by atoms with van der Waals surface area (Å²) in [5.74, 6) is 0.0967. The van der Waals surface area contributed by atoms with Crippen LogP contribution in [0, 0.1) is 0 Å². The molecule has 3 heterocycles. The van der Waals surface area contributed by atoms with E-state index >= 15 is 0 Å². The zero-order chi connectivity index (χ0) is 16.1. The van der Waals surface area contributed by atoms with E-state index in [1.165, 1.54) is 5.56 Å². The van der Waals surface area contributed by atoms with E-state index in [2.05, 4.69) is 26.8 Å². The standard InChI is InChI=1S/C19H13N3O2/c23-18(12-5-6-19-13(7-12)9-21-24-19)8-16-14-3-1-2-4-15(14)17-10-20-11-22(16)17/h1-7,9-11,16H,8H2. The van der Waals surface area contributed by atoms with Crippen LogP contribution in [0.2, 0.25) is 0 Å². The third-order valence-electron chi connectivity index (χ3n) is 4.65. The largest absolute Gasteiger partial charge is 0.356 e. The lowest BCUT2D eigenvalue weighted by molar-refractivity contribution is 0.0970. The Bertz CT molecular complexity index is 1080. The molecule has 1 unspecified atom stereocenters. The fourth-order valence-electron chi connectivity index (χ4n) is 3.48. The molecule has 0 N–H and O–H groups in total. The van der Waals surface area contributed by atoms with Gasteiger partial charge < -0.3 is 9.09 Å². The van der Waals surface area contributed by atoms with Gasteiger partial charge in [0.05, 0.1) is 30.5 Å². The first-order chi connectivity index (χ1) is 11.8. The van der Waals surface area contributed by atoms with Gasteiger partial charge in [-0.3, -0.25) is 4.79 Å². The number of carbonyl (C=O) groups excluding carboxylic acids is 1. The molecule has 0 bridgehead atoms. The van der Waals surface area contributed by atoms with E-state index in [1.54, 1.807) is 24.7 Å². The molecule has 1 aliphatic rings. The number of carbonyl (C=O) groups is 1. The van der Waals surface area contributed by atoms with Crippen LogP contribution in [0.25, 0.3) is 22.2 Å². The Balaban J connectivity index is 1.52. The number of hydrogen-bond donors (Lipinski definition) is 0. The lowest BCUT2D eigenvalue weighted by Crippen LogP contribution is -2.11. The quantitative estimate of drug-likeness (QED) is 0.538. The highest BCUT2D eigenvalue weighted by Crippen LogP contribution is 2.41. The molecular weight excluding hydrogens is 302 g/mol. The summed E-state index contributed by atoms with van der Waals surface area (Å²) in [5, 5.41) is 4.60. The number of Topliss-reactive ketones (excluding diaryl/α,β-unsaturated/α-hetero) is 1. The van der Waals surface area contributed by atoms with Crippen molar-refractivity contribution < 1.29 is 9.32 Å². The first kappa shape index (κ1) is 13.2. The van der Waals surface area contributed by atoms with Gasteiger partial charge in [0, 0.05) is 22.9 Å². The van der Waals surface area contributed by atoms with Crippen molar-refractivity contribution in [2.24, 2.45) is 0 Å². The predicted octanol–water partition coefficient (Wildman–Crippen LogP) is 3.87. The maximum absolute atomic E-state index is 12.8. The number of ketones is 1. The van der Waals surface area contributed by atoms with Gasteiger partial charge in [-0.05, 0) is 23.8 Å². The molecule has 1 aliphatic heterocycles. The van der Waals surface area contributed by atoms with Crippen LogP contribution in [0.3, 0.4) is 0 Å². The van der Waals surface area contributed by atoms with Crippen molar-refractivity contribution >= 4 is 16.8 Å². The van der Waals surface area contributed by atoms with Crippen molar-refractivity contribution in [1.82, 2.24) is 14.7 Å². The van der Waals surface area contributed by atoms with E-state index in [-0.39, 0.29) is 11.8 Å². The topological polar surface area (TPSA) is 60.9 Å². The molecule has 2 aromatic heterocycles. The molecule has 116 valence electrons. The van der Waals surface area contributed by atoms with Gasteiger partial charge in [0.1, 0.15) is 0 Å². The van der Waals surface area contributed by atoms with Gasteiger partial charge in [0.25, 0.3) is 0 Å². The third-order valence-corrected chi connectivity index (χ3v) is 4.65. The van der Waals surface area contributed by atoms with Crippen LogP contribution in [0.5, 0.6) is 0 Å². The van der Waals surface area contributed by atoms with Gasteiger partial charge in [-0.1, -0.05) is 29.4 Å². The summed E-state index contributed by atoms with van der Waals surface area (Å²) in [4.78, 5) is 17.1. The Morgan fingerprint density at radius 2 is 2.08 bits per heavy atom. The summed E-state index contributed by atoms with van der Waals surface area (Å²) < 4.78 is 7.18. The molecule has 4 aromatic rings. The summed E-state index contributed by atoms with van der Waals surface area (Å²) >= 11 is 0. The lowest BCUT2D eigenvalue weighted by atomic mass is 9.96. The van der Waals surface area contributed by atoms with Crippen LogP contribution in [-0.4, -0.2) is 20.5 Å². The highest BCUT2D eigenvalue weighted by Gasteiger charge is 2.29. The van der Waals surface area contributed by atoms with E-state index in [4.69, 9.17) is 4.52 Å². The Morgan fingerprint density at radius 3 is 3.04 bits per heavy atom.